The lowest BCUT2D eigenvalue weighted by Crippen LogP contribution is -2.26. The van der Waals surface area contributed by atoms with Gasteiger partial charge in [0.2, 0.25) is 5.09 Å². The molecule has 7 heteroatoms. The largest absolute Gasteiger partial charge is 0.443 e. The van der Waals surface area contributed by atoms with E-state index in [2.05, 4.69) is 21.7 Å². The molecule has 0 amide bonds. The van der Waals surface area contributed by atoms with Gasteiger partial charge in [0, 0.05) is 35.6 Å². The van der Waals surface area contributed by atoms with Crippen LogP contribution in [0.4, 0.5) is 5.69 Å². The Kier molecular flexibility index (Phi) is 3.57. The van der Waals surface area contributed by atoms with E-state index in [1.54, 1.807) is 18.2 Å². The SMILES string of the molecule is CN1CCc2c([nH]c3c(NS(=O)(=O)c4cc5ccccc5o4)cccc23)C1. The number of anilines is 1. The molecule has 5 rings (SSSR count). The molecule has 0 unspecified atom stereocenters. The van der Waals surface area contributed by atoms with Crippen molar-refractivity contribution < 1.29 is 12.8 Å². The van der Waals surface area contributed by atoms with Crippen LogP contribution in [0, 0.1) is 0 Å². The summed E-state index contributed by atoms with van der Waals surface area (Å²) in [6.45, 7) is 1.83. The number of H-pyrrole nitrogens is 1. The molecule has 0 fully saturated rings. The average Bonchev–Trinajstić information content (AvgIpc) is 3.23. The average molecular weight is 381 g/mol. The molecule has 0 bridgehead atoms. The fraction of sp³-hybridized carbons (Fsp3) is 0.200. The van der Waals surface area contributed by atoms with Gasteiger partial charge in [-0.3, -0.25) is 4.72 Å². The van der Waals surface area contributed by atoms with Crippen molar-refractivity contribution in [2.45, 2.75) is 18.1 Å². The van der Waals surface area contributed by atoms with Crippen LogP contribution in [-0.4, -0.2) is 31.9 Å². The summed E-state index contributed by atoms with van der Waals surface area (Å²) in [5.41, 5.74) is 4.32. The highest BCUT2D eigenvalue weighted by Crippen LogP contribution is 2.33. The van der Waals surface area contributed by atoms with Gasteiger partial charge in [-0.15, -0.1) is 0 Å². The van der Waals surface area contributed by atoms with Crippen molar-refractivity contribution in [2.24, 2.45) is 0 Å². The number of furan rings is 1. The van der Waals surface area contributed by atoms with Crippen molar-refractivity contribution in [1.82, 2.24) is 9.88 Å². The number of likely N-dealkylation sites (N-methyl/N-ethyl adjacent to an activating group) is 1. The zero-order chi connectivity index (χ0) is 18.6. The number of aromatic nitrogens is 1. The van der Waals surface area contributed by atoms with Crippen molar-refractivity contribution in [3.63, 3.8) is 0 Å². The Labute approximate surface area is 156 Å². The van der Waals surface area contributed by atoms with E-state index in [1.165, 1.54) is 5.56 Å². The van der Waals surface area contributed by atoms with Gasteiger partial charge in [-0.1, -0.05) is 30.3 Å². The summed E-state index contributed by atoms with van der Waals surface area (Å²) < 4.78 is 34.0. The molecule has 0 aliphatic carbocycles. The van der Waals surface area contributed by atoms with Crippen molar-refractivity contribution >= 4 is 37.6 Å². The summed E-state index contributed by atoms with van der Waals surface area (Å²) in [5.74, 6) is 0. The Hall–Kier alpha value is -2.77. The van der Waals surface area contributed by atoms with Gasteiger partial charge in [0.15, 0.2) is 0 Å². The van der Waals surface area contributed by atoms with Crippen molar-refractivity contribution in [3.05, 3.63) is 59.8 Å². The number of fused-ring (bicyclic) bond motifs is 4. The van der Waals surface area contributed by atoms with Gasteiger partial charge in [-0.05, 0) is 31.2 Å². The van der Waals surface area contributed by atoms with Crippen molar-refractivity contribution in [1.29, 1.82) is 0 Å². The summed E-state index contributed by atoms with van der Waals surface area (Å²) in [6.07, 6.45) is 0.950. The number of benzene rings is 2. The van der Waals surface area contributed by atoms with Gasteiger partial charge < -0.3 is 14.3 Å². The fourth-order valence-corrected chi connectivity index (χ4v) is 4.81. The number of hydrogen-bond donors (Lipinski definition) is 2. The third-order valence-electron chi connectivity index (χ3n) is 5.11. The quantitative estimate of drug-likeness (QED) is 0.567. The number of nitrogens with zero attached hydrogens (tertiary/aromatic N) is 1. The lowest BCUT2D eigenvalue weighted by molar-refractivity contribution is 0.310. The minimum atomic E-state index is -3.83. The number of sulfonamides is 1. The second-order valence-corrected chi connectivity index (χ2v) is 8.62. The van der Waals surface area contributed by atoms with Crippen LogP contribution in [0.5, 0.6) is 0 Å². The summed E-state index contributed by atoms with van der Waals surface area (Å²) in [6, 6.07) is 14.5. The molecule has 0 radical (unpaired) electrons. The summed E-state index contributed by atoms with van der Waals surface area (Å²) in [5, 5.41) is 1.74. The van der Waals surface area contributed by atoms with E-state index < -0.39 is 10.0 Å². The Balaban J connectivity index is 1.57. The third kappa shape index (κ3) is 2.70. The second-order valence-electron chi connectivity index (χ2n) is 7.01. The van der Waals surface area contributed by atoms with Gasteiger partial charge >= 0.3 is 0 Å². The van der Waals surface area contributed by atoms with Crippen LogP contribution >= 0.6 is 0 Å². The normalized spacial score (nSPS) is 15.3. The molecule has 0 atom stereocenters. The van der Waals surface area contributed by atoms with E-state index in [0.29, 0.717) is 11.3 Å². The summed E-state index contributed by atoms with van der Waals surface area (Å²) in [4.78, 5) is 5.66. The minimum Gasteiger partial charge on any atom is -0.443 e. The van der Waals surface area contributed by atoms with Crippen LogP contribution < -0.4 is 4.72 Å². The van der Waals surface area contributed by atoms with Gasteiger partial charge in [-0.2, -0.15) is 8.42 Å². The molecule has 6 nitrogen and oxygen atoms in total. The van der Waals surface area contributed by atoms with E-state index in [4.69, 9.17) is 4.42 Å². The lowest BCUT2D eigenvalue weighted by Gasteiger charge is -2.22. The topological polar surface area (TPSA) is 78.3 Å². The van der Waals surface area contributed by atoms with Gasteiger partial charge in [0.25, 0.3) is 10.0 Å². The molecule has 138 valence electrons. The summed E-state index contributed by atoms with van der Waals surface area (Å²) >= 11 is 0. The zero-order valence-electron chi connectivity index (χ0n) is 14.8. The molecule has 2 aromatic heterocycles. The molecular weight excluding hydrogens is 362 g/mol. The standard InChI is InChI=1S/C20H19N3O3S/c1-23-10-9-14-15-6-4-7-16(20(15)21-17(14)12-23)22-27(24,25)19-11-13-5-2-3-8-18(13)26-19/h2-8,11,21-22H,9-10,12H2,1H3. The maximum Gasteiger partial charge on any atom is 0.295 e. The first-order chi connectivity index (χ1) is 13.0. The molecule has 3 heterocycles. The van der Waals surface area contributed by atoms with Crippen LogP contribution in [0.25, 0.3) is 21.9 Å². The molecular formula is C20H19N3O3S. The lowest BCUT2D eigenvalue weighted by atomic mass is 10.0. The van der Waals surface area contributed by atoms with Crippen LogP contribution in [-0.2, 0) is 23.0 Å². The number of aromatic amines is 1. The van der Waals surface area contributed by atoms with E-state index in [-0.39, 0.29) is 5.09 Å². The van der Waals surface area contributed by atoms with Crippen LogP contribution in [0.2, 0.25) is 0 Å². The monoisotopic (exact) mass is 381 g/mol. The van der Waals surface area contributed by atoms with E-state index in [9.17, 15) is 8.42 Å². The van der Waals surface area contributed by atoms with E-state index in [1.807, 2.05) is 30.3 Å². The third-order valence-corrected chi connectivity index (χ3v) is 6.33. The molecule has 0 saturated heterocycles. The van der Waals surface area contributed by atoms with E-state index in [0.717, 1.165) is 41.5 Å². The first-order valence-electron chi connectivity index (χ1n) is 8.84. The predicted molar refractivity (Wildman–Crippen MR) is 105 cm³/mol. The Morgan fingerprint density at radius 2 is 2.00 bits per heavy atom. The van der Waals surface area contributed by atoms with Gasteiger partial charge in [0.1, 0.15) is 5.58 Å². The van der Waals surface area contributed by atoms with Crippen molar-refractivity contribution in [2.75, 3.05) is 18.3 Å². The fourth-order valence-electron chi connectivity index (χ4n) is 3.77. The smallest absolute Gasteiger partial charge is 0.295 e. The molecule has 1 aliphatic heterocycles. The number of hydrogen-bond acceptors (Lipinski definition) is 4. The zero-order valence-corrected chi connectivity index (χ0v) is 15.6. The predicted octanol–water partition coefficient (Wildman–Crippen LogP) is 3.70. The minimum absolute atomic E-state index is 0.0863. The first-order valence-corrected chi connectivity index (χ1v) is 10.3. The molecule has 4 aromatic rings. The number of para-hydroxylation sites is 2. The molecule has 0 spiro atoms. The maximum atomic E-state index is 12.9. The van der Waals surface area contributed by atoms with Gasteiger partial charge in [-0.25, -0.2) is 0 Å². The first kappa shape index (κ1) is 16.4. The van der Waals surface area contributed by atoms with Crippen LogP contribution in [0.3, 0.4) is 0 Å². The molecule has 2 aromatic carbocycles. The highest BCUT2D eigenvalue weighted by molar-refractivity contribution is 7.92. The highest BCUT2D eigenvalue weighted by Gasteiger charge is 2.23. The molecule has 1 aliphatic rings. The van der Waals surface area contributed by atoms with Crippen LogP contribution in [0.1, 0.15) is 11.3 Å². The van der Waals surface area contributed by atoms with Crippen molar-refractivity contribution in [3.8, 4) is 0 Å². The highest BCUT2D eigenvalue weighted by atomic mass is 32.2. The van der Waals surface area contributed by atoms with Gasteiger partial charge in [0.05, 0.1) is 11.2 Å². The Morgan fingerprint density at radius 1 is 1.15 bits per heavy atom. The molecule has 0 saturated carbocycles. The van der Waals surface area contributed by atoms with Crippen LogP contribution in [0.15, 0.2) is 58.0 Å². The summed E-state index contributed by atoms with van der Waals surface area (Å²) in [7, 11) is -1.74. The Morgan fingerprint density at radius 3 is 2.85 bits per heavy atom. The molecule has 27 heavy (non-hydrogen) atoms. The Bertz CT molecular complexity index is 1240. The second kappa shape index (κ2) is 5.87. The molecule has 2 N–H and O–H groups in total. The number of nitrogens with one attached hydrogen (secondary N) is 2. The number of rotatable bonds is 3. The van der Waals surface area contributed by atoms with E-state index >= 15 is 0 Å². The maximum absolute atomic E-state index is 12.9.